The predicted molar refractivity (Wildman–Crippen MR) is 123 cm³/mol. The van der Waals surface area contributed by atoms with Gasteiger partial charge in [-0.2, -0.15) is 8.61 Å². The number of hydrogen-bond donors (Lipinski definition) is 1. The van der Waals surface area contributed by atoms with Crippen molar-refractivity contribution in [2.24, 2.45) is 0 Å². The van der Waals surface area contributed by atoms with Gasteiger partial charge in [-0.1, -0.05) is 18.0 Å². The van der Waals surface area contributed by atoms with Crippen molar-refractivity contribution in [3.05, 3.63) is 29.3 Å². The molecule has 0 amide bonds. The summed E-state index contributed by atoms with van der Waals surface area (Å²) in [6.45, 7) is 5.92. The van der Waals surface area contributed by atoms with Crippen molar-refractivity contribution in [1.82, 2.24) is 18.8 Å². The first-order valence-electron chi connectivity index (χ1n) is 10.9. The lowest BCUT2D eigenvalue weighted by Gasteiger charge is -2.35. The molecule has 0 radical (unpaired) electrons. The van der Waals surface area contributed by atoms with Crippen LogP contribution in [0.15, 0.2) is 29.2 Å². The fourth-order valence-electron chi connectivity index (χ4n) is 4.11. The molecule has 1 atom stereocenters. The largest absolute Gasteiger partial charge is 0.314 e. The first-order chi connectivity index (χ1) is 14.7. The molecule has 2 aliphatic heterocycles. The average molecular weight is 493 g/mol. The number of piperidine rings is 1. The molecule has 0 aliphatic carbocycles. The van der Waals surface area contributed by atoms with E-state index in [0.29, 0.717) is 43.8 Å². The maximum atomic E-state index is 13.3. The van der Waals surface area contributed by atoms with Gasteiger partial charge in [-0.3, -0.25) is 4.90 Å². The molecule has 0 saturated carbocycles. The molecule has 1 aromatic rings. The van der Waals surface area contributed by atoms with Crippen molar-refractivity contribution in [2.75, 3.05) is 58.1 Å². The third-order valence-electron chi connectivity index (χ3n) is 6.10. The fourth-order valence-corrected chi connectivity index (χ4v) is 7.23. The first kappa shape index (κ1) is 24.9. The van der Waals surface area contributed by atoms with Crippen molar-refractivity contribution in [1.29, 1.82) is 0 Å². The Bertz CT molecular complexity index is 919. The number of benzene rings is 1. The molecule has 0 aromatic heterocycles. The predicted octanol–water partition coefficient (Wildman–Crippen LogP) is 1.44. The van der Waals surface area contributed by atoms with E-state index in [9.17, 15) is 16.8 Å². The molecule has 2 heterocycles. The Balaban J connectivity index is 1.75. The van der Waals surface area contributed by atoms with E-state index in [0.717, 1.165) is 19.4 Å². The van der Waals surface area contributed by atoms with Gasteiger partial charge in [-0.25, -0.2) is 16.8 Å². The molecule has 0 spiro atoms. The Morgan fingerprint density at radius 1 is 1.03 bits per heavy atom. The van der Waals surface area contributed by atoms with Crippen molar-refractivity contribution < 1.29 is 16.8 Å². The maximum absolute atomic E-state index is 13.3. The first-order valence-corrected chi connectivity index (χ1v) is 14.3. The van der Waals surface area contributed by atoms with E-state index in [1.165, 1.54) is 39.3 Å². The number of piperazine rings is 1. The molecule has 3 rings (SSSR count). The molecule has 31 heavy (non-hydrogen) atoms. The molecule has 8 nitrogen and oxygen atoms in total. The van der Waals surface area contributed by atoms with Crippen LogP contribution in [0.1, 0.15) is 26.2 Å². The SMILES string of the molecule is C[C@@H]1CCCCN1CCN(CCS(=O)(=O)N1CCNCC1)S(=O)(=O)c1ccc(Cl)cc1. The van der Waals surface area contributed by atoms with Crippen LogP contribution in [0.2, 0.25) is 5.02 Å². The second-order valence-corrected chi connectivity index (χ2v) is 12.7. The minimum atomic E-state index is -3.84. The summed E-state index contributed by atoms with van der Waals surface area (Å²) in [4.78, 5) is 2.42. The number of likely N-dealkylation sites (tertiary alicyclic amines) is 1. The number of hydrogen-bond acceptors (Lipinski definition) is 6. The molecule has 11 heteroatoms. The Morgan fingerprint density at radius 2 is 1.71 bits per heavy atom. The minimum absolute atomic E-state index is 0.0700. The highest BCUT2D eigenvalue weighted by Crippen LogP contribution is 2.21. The third-order valence-corrected chi connectivity index (χ3v) is 10.1. The molecule has 2 saturated heterocycles. The van der Waals surface area contributed by atoms with Crippen LogP contribution in [0.25, 0.3) is 0 Å². The normalized spacial score (nSPS) is 22.1. The zero-order valence-corrected chi connectivity index (χ0v) is 20.4. The number of halogens is 1. The van der Waals surface area contributed by atoms with Crippen LogP contribution in [-0.2, 0) is 20.0 Å². The monoisotopic (exact) mass is 492 g/mol. The summed E-state index contributed by atoms with van der Waals surface area (Å²) in [5, 5.41) is 3.59. The molecule has 0 unspecified atom stereocenters. The van der Waals surface area contributed by atoms with Crippen LogP contribution in [0.3, 0.4) is 0 Å². The molecule has 1 N–H and O–H groups in total. The summed E-state index contributed by atoms with van der Waals surface area (Å²) in [6, 6.07) is 6.42. The highest BCUT2D eigenvalue weighted by molar-refractivity contribution is 7.90. The van der Waals surface area contributed by atoms with Gasteiger partial charge in [0.25, 0.3) is 0 Å². The minimum Gasteiger partial charge on any atom is -0.314 e. The molecule has 2 fully saturated rings. The smallest absolute Gasteiger partial charge is 0.243 e. The van der Waals surface area contributed by atoms with Crippen LogP contribution in [0.5, 0.6) is 0 Å². The lowest BCUT2D eigenvalue weighted by Crippen LogP contribution is -2.49. The van der Waals surface area contributed by atoms with Crippen LogP contribution < -0.4 is 5.32 Å². The maximum Gasteiger partial charge on any atom is 0.243 e. The highest BCUT2D eigenvalue weighted by atomic mass is 35.5. The molecule has 176 valence electrons. The van der Waals surface area contributed by atoms with E-state index >= 15 is 0 Å². The van der Waals surface area contributed by atoms with E-state index in [2.05, 4.69) is 17.1 Å². The summed E-state index contributed by atoms with van der Waals surface area (Å²) >= 11 is 5.92. The second-order valence-electron chi connectivity index (χ2n) is 8.20. The Hall–Kier alpha value is -0.750. The van der Waals surface area contributed by atoms with Crippen LogP contribution >= 0.6 is 11.6 Å². The molecular formula is C20H33ClN4O4S2. The summed E-state index contributed by atoms with van der Waals surface area (Å²) in [7, 11) is -7.37. The van der Waals surface area contributed by atoms with Gasteiger partial charge in [0.2, 0.25) is 20.0 Å². The van der Waals surface area contributed by atoms with Gasteiger partial charge in [0.15, 0.2) is 0 Å². The van der Waals surface area contributed by atoms with E-state index in [1.807, 2.05) is 0 Å². The molecule has 2 aliphatic rings. The number of nitrogens with one attached hydrogen (secondary N) is 1. The zero-order chi connectivity index (χ0) is 22.5. The highest BCUT2D eigenvalue weighted by Gasteiger charge is 2.30. The van der Waals surface area contributed by atoms with Gasteiger partial charge in [0, 0.05) is 56.9 Å². The Morgan fingerprint density at radius 3 is 2.35 bits per heavy atom. The lowest BCUT2D eigenvalue weighted by atomic mass is 10.0. The average Bonchev–Trinajstić information content (AvgIpc) is 2.75. The van der Waals surface area contributed by atoms with Crippen molar-refractivity contribution in [2.45, 2.75) is 37.1 Å². The second kappa shape index (κ2) is 10.9. The molecule has 0 bridgehead atoms. The quantitative estimate of drug-likeness (QED) is 0.561. The lowest BCUT2D eigenvalue weighted by molar-refractivity contribution is 0.152. The van der Waals surface area contributed by atoms with E-state index in [4.69, 9.17) is 11.6 Å². The number of sulfonamides is 2. The number of rotatable bonds is 9. The van der Waals surface area contributed by atoms with Gasteiger partial charge >= 0.3 is 0 Å². The van der Waals surface area contributed by atoms with Gasteiger partial charge in [-0.15, -0.1) is 0 Å². The number of nitrogens with zero attached hydrogens (tertiary/aromatic N) is 3. The van der Waals surface area contributed by atoms with E-state index < -0.39 is 20.0 Å². The summed E-state index contributed by atoms with van der Waals surface area (Å²) < 4.78 is 55.0. The molecular weight excluding hydrogens is 460 g/mol. The van der Waals surface area contributed by atoms with Gasteiger partial charge in [0.1, 0.15) is 0 Å². The molecule has 1 aromatic carbocycles. The van der Waals surface area contributed by atoms with Crippen LogP contribution in [0, 0.1) is 0 Å². The summed E-state index contributed by atoms with van der Waals surface area (Å²) in [6.07, 6.45) is 3.39. The topological polar surface area (TPSA) is 90.0 Å². The zero-order valence-electron chi connectivity index (χ0n) is 18.0. The van der Waals surface area contributed by atoms with Crippen LogP contribution in [0.4, 0.5) is 0 Å². The van der Waals surface area contributed by atoms with Crippen molar-refractivity contribution in [3.63, 3.8) is 0 Å². The van der Waals surface area contributed by atoms with Gasteiger partial charge < -0.3 is 5.32 Å². The van der Waals surface area contributed by atoms with E-state index in [-0.39, 0.29) is 23.7 Å². The third kappa shape index (κ3) is 6.63. The van der Waals surface area contributed by atoms with Crippen molar-refractivity contribution >= 4 is 31.6 Å². The summed E-state index contributed by atoms with van der Waals surface area (Å²) in [5.41, 5.74) is 0. The standard InChI is InChI=1S/C20H33ClN4O4S2/c1-18-4-2-3-11-23(18)14-15-25(31(28,29)20-7-5-19(21)6-8-20)16-17-30(26,27)24-12-9-22-10-13-24/h5-8,18,22H,2-4,9-17H2,1H3/t18-/m1/s1. The van der Waals surface area contributed by atoms with Gasteiger partial charge in [0.05, 0.1) is 10.6 Å². The van der Waals surface area contributed by atoms with E-state index in [1.54, 1.807) is 0 Å². The Labute approximate surface area is 191 Å². The summed E-state index contributed by atoms with van der Waals surface area (Å²) in [5.74, 6) is -0.227. The van der Waals surface area contributed by atoms with Crippen molar-refractivity contribution in [3.8, 4) is 0 Å². The van der Waals surface area contributed by atoms with Gasteiger partial charge in [-0.05, 0) is 50.6 Å². The van der Waals surface area contributed by atoms with Crippen LogP contribution in [-0.4, -0.2) is 94.5 Å². The Kier molecular flexibility index (Phi) is 8.76. The fraction of sp³-hybridized carbons (Fsp3) is 0.700.